The van der Waals surface area contributed by atoms with Gasteiger partial charge in [-0.1, -0.05) is 197 Å². The van der Waals surface area contributed by atoms with Crippen LogP contribution in [0.2, 0.25) is 0 Å². The highest BCUT2D eigenvalue weighted by atomic mass is 31.2. The predicted molar refractivity (Wildman–Crippen MR) is 268 cm³/mol. The number of phosphoric acid groups is 1. The molecule has 9 heteroatoms. The fourth-order valence-electron chi connectivity index (χ4n) is 7.06. The molecule has 0 saturated carbocycles. The largest absolute Gasteiger partial charge is 0.756 e. The second kappa shape index (κ2) is 46.7. The minimum absolute atomic E-state index is 0.0232. The first-order chi connectivity index (χ1) is 30.6. The number of nitrogens with zero attached hydrogens (tertiary/aromatic N) is 1. The first kappa shape index (κ1) is 61.2. The maximum atomic E-state index is 12.8. The zero-order valence-electron chi connectivity index (χ0n) is 41.8. The van der Waals surface area contributed by atoms with Gasteiger partial charge in [-0.05, 0) is 77.0 Å². The Labute approximate surface area is 390 Å². The molecule has 0 amide bonds. The number of carbonyl (C=O) groups excluding carboxylic acids is 1. The van der Waals surface area contributed by atoms with Gasteiger partial charge in [0, 0.05) is 13.0 Å². The zero-order chi connectivity index (χ0) is 46.2. The number of unbranched alkanes of at least 4 members (excludes halogenated alkanes) is 24. The molecule has 0 radical (unpaired) electrons. The monoisotopic (exact) mass is 906 g/mol. The zero-order valence-corrected chi connectivity index (χ0v) is 42.7. The van der Waals surface area contributed by atoms with E-state index in [1.165, 1.54) is 141 Å². The lowest BCUT2D eigenvalue weighted by atomic mass is 10.0. The van der Waals surface area contributed by atoms with E-state index in [4.69, 9.17) is 18.5 Å². The quantitative estimate of drug-likeness (QED) is 0.0197. The van der Waals surface area contributed by atoms with E-state index in [9.17, 15) is 14.3 Å². The van der Waals surface area contributed by atoms with Crippen molar-refractivity contribution in [1.29, 1.82) is 0 Å². The van der Waals surface area contributed by atoms with Crippen molar-refractivity contribution < 1.29 is 37.3 Å². The molecule has 0 saturated heterocycles. The molecule has 63 heavy (non-hydrogen) atoms. The number of hydrogen-bond donors (Lipinski definition) is 0. The number of esters is 1. The number of ether oxygens (including phenoxy) is 2. The molecule has 8 nitrogen and oxygen atoms in total. The van der Waals surface area contributed by atoms with E-state index < -0.39 is 13.9 Å². The fourth-order valence-corrected chi connectivity index (χ4v) is 7.79. The number of phosphoric ester groups is 1. The van der Waals surface area contributed by atoms with Crippen LogP contribution in [0.1, 0.15) is 219 Å². The molecule has 0 spiro atoms. The van der Waals surface area contributed by atoms with Gasteiger partial charge in [0.25, 0.3) is 7.82 Å². The summed E-state index contributed by atoms with van der Waals surface area (Å²) in [6.07, 6.45) is 59.6. The highest BCUT2D eigenvalue weighted by molar-refractivity contribution is 7.45. The van der Waals surface area contributed by atoms with Gasteiger partial charge < -0.3 is 27.9 Å². The van der Waals surface area contributed by atoms with Crippen LogP contribution in [0.5, 0.6) is 0 Å². The minimum Gasteiger partial charge on any atom is -0.756 e. The molecule has 0 aromatic carbocycles. The number of rotatable bonds is 48. The molecule has 0 aliphatic rings. The second-order valence-electron chi connectivity index (χ2n) is 18.5. The van der Waals surface area contributed by atoms with Gasteiger partial charge >= 0.3 is 5.97 Å². The van der Waals surface area contributed by atoms with Gasteiger partial charge in [-0.2, -0.15) is 0 Å². The lowest BCUT2D eigenvalue weighted by Crippen LogP contribution is -2.37. The van der Waals surface area contributed by atoms with Crippen LogP contribution in [0.15, 0.2) is 60.8 Å². The number of likely N-dealkylation sites (N-methyl/N-ethyl adjacent to an activating group) is 1. The third-order valence-electron chi connectivity index (χ3n) is 11.1. The summed E-state index contributed by atoms with van der Waals surface area (Å²) in [5, 5.41) is 0. The van der Waals surface area contributed by atoms with E-state index in [2.05, 4.69) is 74.6 Å². The van der Waals surface area contributed by atoms with E-state index in [1.807, 2.05) is 21.1 Å². The molecule has 2 atom stereocenters. The van der Waals surface area contributed by atoms with Crippen LogP contribution < -0.4 is 4.89 Å². The maximum Gasteiger partial charge on any atom is 0.306 e. The molecule has 0 aliphatic heterocycles. The fraction of sp³-hybridized carbons (Fsp3) is 0.796. The standard InChI is InChI=1S/C54H100NO7P/c1-6-8-10-12-14-16-18-20-22-24-25-26-27-28-29-30-31-32-33-35-37-39-41-43-45-47-54(56)62-53(52-61-63(57,58)60-50-48-55(3,4)5)51-59-49-46-44-42-40-38-36-34-23-21-19-17-15-13-11-9-7-2/h8,10,14,16,20-23,25-26,53H,6-7,9,11-13,15,17-19,24,27-52H2,1-5H3/b10-8-,16-14-,22-20-,23-21-,26-25-. The van der Waals surface area contributed by atoms with Crippen LogP contribution in [0.25, 0.3) is 0 Å². The summed E-state index contributed by atoms with van der Waals surface area (Å²) in [7, 11) is 1.35. The average molecular weight is 906 g/mol. The van der Waals surface area contributed by atoms with Crippen LogP contribution in [0.4, 0.5) is 0 Å². The van der Waals surface area contributed by atoms with Gasteiger partial charge in [0.15, 0.2) is 0 Å². The summed E-state index contributed by atoms with van der Waals surface area (Å²) in [4.78, 5) is 25.2. The maximum absolute atomic E-state index is 12.8. The highest BCUT2D eigenvalue weighted by Crippen LogP contribution is 2.38. The van der Waals surface area contributed by atoms with Gasteiger partial charge in [0.1, 0.15) is 19.3 Å². The summed E-state index contributed by atoms with van der Waals surface area (Å²) in [6, 6.07) is 0. The van der Waals surface area contributed by atoms with Crippen molar-refractivity contribution in [1.82, 2.24) is 0 Å². The van der Waals surface area contributed by atoms with Gasteiger partial charge in [0.2, 0.25) is 0 Å². The topological polar surface area (TPSA) is 94.1 Å². The van der Waals surface area contributed by atoms with Crippen LogP contribution in [-0.4, -0.2) is 70.7 Å². The normalized spacial score (nSPS) is 14.1. The third kappa shape index (κ3) is 51.1. The molecular weight excluding hydrogens is 806 g/mol. The van der Waals surface area contributed by atoms with Crippen molar-refractivity contribution in [3.63, 3.8) is 0 Å². The molecule has 0 aliphatic carbocycles. The Hall–Kier alpha value is -1.80. The Bertz CT molecular complexity index is 1190. The molecule has 0 rings (SSSR count). The molecule has 0 heterocycles. The number of allylic oxidation sites excluding steroid dienone is 10. The Kier molecular flexibility index (Phi) is 45.4. The Morgan fingerprint density at radius 1 is 0.508 bits per heavy atom. The second-order valence-corrected chi connectivity index (χ2v) is 19.9. The van der Waals surface area contributed by atoms with Crippen molar-refractivity contribution in [3.05, 3.63) is 60.8 Å². The molecule has 0 bridgehead atoms. The van der Waals surface area contributed by atoms with Gasteiger partial charge in [-0.15, -0.1) is 0 Å². The summed E-state index contributed by atoms with van der Waals surface area (Å²) in [5.74, 6) is -0.338. The van der Waals surface area contributed by atoms with Crippen molar-refractivity contribution in [2.75, 3.05) is 54.1 Å². The highest BCUT2D eigenvalue weighted by Gasteiger charge is 2.20. The van der Waals surface area contributed by atoms with E-state index in [-0.39, 0.29) is 25.8 Å². The summed E-state index contributed by atoms with van der Waals surface area (Å²) in [5.41, 5.74) is 0. The van der Waals surface area contributed by atoms with Crippen molar-refractivity contribution in [3.8, 4) is 0 Å². The van der Waals surface area contributed by atoms with Gasteiger partial charge in [-0.25, -0.2) is 0 Å². The summed E-state index contributed by atoms with van der Waals surface area (Å²) >= 11 is 0. The third-order valence-corrected chi connectivity index (χ3v) is 12.0. The summed E-state index contributed by atoms with van der Waals surface area (Å²) in [6.45, 7) is 5.30. The molecule has 0 aromatic rings. The predicted octanol–water partition coefficient (Wildman–Crippen LogP) is 15.4. The summed E-state index contributed by atoms with van der Waals surface area (Å²) < 4.78 is 34.7. The molecular formula is C54H100NO7P. The minimum atomic E-state index is -4.53. The molecule has 368 valence electrons. The van der Waals surface area contributed by atoms with E-state index in [1.54, 1.807) is 0 Å². The lowest BCUT2D eigenvalue weighted by Gasteiger charge is -2.28. The van der Waals surface area contributed by atoms with E-state index in [0.29, 0.717) is 24.1 Å². The molecule has 0 fully saturated rings. The van der Waals surface area contributed by atoms with Crippen molar-refractivity contribution in [2.45, 2.75) is 225 Å². The smallest absolute Gasteiger partial charge is 0.306 e. The number of carbonyl (C=O) groups is 1. The van der Waals surface area contributed by atoms with Gasteiger partial charge in [-0.3, -0.25) is 9.36 Å². The molecule has 2 unspecified atom stereocenters. The van der Waals surface area contributed by atoms with E-state index in [0.717, 1.165) is 57.8 Å². The average Bonchev–Trinajstić information content (AvgIpc) is 3.24. The van der Waals surface area contributed by atoms with Crippen LogP contribution >= 0.6 is 7.82 Å². The van der Waals surface area contributed by atoms with Crippen LogP contribution in [0, 0.1) is 0 Å². The number of quaternary nitrogens is 1. The lowest BCUT2D eigenvalue weighted by molar-refractivity contribution is -0.870. The van der Waals surface area contributed by atoms with E-state index >= 15 is 0 Å². The van der Waals surface area contributed by atoms with Crippen LogP contribution in [0.3, 0.4) is 0 Å². The molecule has 0 N–H and O–H groups in total. The Balaban J connectivity index is 4.11. The first-order valence-electron chi connectivity index (χ1n) is 26.0. The number of hydrogen-bond acceptors (Lipinski definition) is 7. The Morgan fingerprint density at radius 2 is 0.921 bits per heavy atom. The first-order valence-corrected chi connectivity index (χ1v) is 27.5. The van der Waals surface area contributed by atoms with Crippen LogP contribution in [-0.2, 0) is 27.9 Å². The van der Waals surface area contributed by atoms with Crippen molar-refractivity contribution >= 4 is 13.8 Å². The van der Waals surface area contributed by atoms with Crippen molar-refractivity contribution in [2.24, 2.45) is 0 Å². The Morgan fingerprint density at radius 3 is 1.40 bits per heavy atom. The molecule has 0 aromatic heterocycles. The SMILES string of the molecule is CC/C=C\C/C=C\C/C=C\C/C=C\CCCCCCCCCCCCCCC(=O)OC(COCCCCCCCC/C=C\CCCCCCCC)COP(=O)([O-])OCC[N+](C)(C)C. The van der Waals surface area contributed by atoms with Gasteiger partial charge in [0.05, 0.1) is 34.4 Å².